The van der Waals surface area contributed by atoms with E-state index >= 15 is 0 Å². The highest BCUT2D eigenvalue weighted by Gasteiger charge is 2.28. The molecule has 1 atom stereocenters. The van der Waals surface area contributed by atoms with E-state index < -0.39 is 0 Å². The second-order valence-corrected chi connectivity index (χ2v) is 8.47. The van der Waals surface area contributed by atoms with Crippen LogP contribution in [0.4, 0.5) is 5.13 Å². The Hall–Kier alpha value is -2.28. The molecule has 0 unspecified atom stereocenters. The molecule has 1 saturated heterocycles. The van der Waals surface area contributed by atoms with Gasteiger partial charge in [0.1, 0.15) is 0 Å². The van der Waals surface area contributed by atoms with Gasteiger partial charge in [-0.15, -0.1) is 11.3 Å². The molecule has 0 bridgehead atoms. The Labute approximate surface area is 179 Å². The monoisotopic (exact) mass is 426 g/mol. The molecule has 1 aliphatic rings. The molecule has 3 heterocycles. The maximum atomic E-state index is 12.5. The number of aryl methyl sites for hydroxylation is 1. The molecule has 0 spiro atoms. The van der Waals surface area contributed by atoms with Gasteiger partial charge in [0.15, 0.2) is 5.13 Å². The van der Waals surface area contributed by atoms with Crippen molar-refractivity contribution in [3.05, 3.63) is 75.5 Å². The fourth-order valence-electron chi connectivity index (χ4n) is 3.62. The Kier molecular flexibility index (Phi) is 6.23. The first-order valence-corrected chi connectivity index (χ1v) is 11.1. The van der Waals surface area contributed by atoms with E-state index in [1.807, 2.05) is 41.8 Å². The minimum atomic E-state index is -0.123. The molecule has 7 heteroatoms. The number of hydrogen-bond acceptors (Lipinski definition) is 5. The van der Waals surface area contributed by atoms with Gasteiger partial charge in [-0.2, -0.15) is 0 Å². The van der Waals surface area contributed by atoms with E-state index in [9.17, 15) is 4.79 Å². The van der Waals surface area contributed by atoms with Gasteiger partial charge < -0.3 is 0 Å². The zero-order chi connectivity index (χ0) is 20.2. The molecule has 1 N–H and O–H groups in total. The third-order valence-corrected chi connectivity index (χ3v) is 6.23. The lowest BCUT2D eigenvalue weighted by atomic mass is 10.1. The van der Waals surface area contributed by atoms with E-state index in [2.05, 4.69) is 22.1 Å². The second-order valence-electron chi connectivity index (χ2n) is 7.18. The van der Waals surface area contributed by atoms with Crippen molar-refractivity contribution in [3.8, 4) is 0 Å². The molecule has 3 aromatic rings. The van der Waals surface area contributed by atoms with Crippen LogP contribution in [0.2, 0.25) is 5.02 Å². The summed E-state index contributed by atoms with van der Waals surface area (Å²) in [6.45, 7) is 3.88. The smallest absolute Gasteiger partial charge is 0.257 e. The molecule has 5 nitrogen and oxygen atoms in total. The van der Waals surface area contributed by atoms with E-state index in [1.54, 1.807) is 6.20 Å². The molecule has 4 rings (SSSR count). The van der Waals surface area contributed by atoms with Crippen LogP contribution in [0.15, 0.2) is 48.0 Å². The van der Waals surface area contributed by atoms with Gasteiger partial charge in [0.05, 0.1) is 22.5 Å². The van der Waals surface area contributed by atoms with E-state index in [4.69, 9.17) is 16.6 Å². The summed E-state index contributed by atoms with van der Waals surface area (Å²) in [5.74, 6) is -0.123. The standard InChI is InChI=1S/C22H23ClN4OS/c1-2-15-5-7-16(8-6-15)21(28)26-22-25-19(14-29-22)20-4-3-11-27(20)13-18-10-9-17(23)12-24-18/h5-10,12,14,20H,2-4,11,13H2,1H3,(H,25,26,28)/t20-/m0/s1. The third kappa shape index (κ3) is 4.83. The summed E-state index contributed by atoms with van der Waals surface area (Å²) >= 11 is 7.41. The zero-order valence-electron chi connectivity index (χ0n) is 16.3. The van der Waals surface area contributed by atoms with Crippen LogP contribution in [0.25, 0.3) is 0 Å². The minimum absolute atomic E-state index is 0.123. The Morgan fingerprint density at radius 3 is 2.83 bits per heavy atom. The van der Waals surface area contributed by atoms with Crippen LogP contribution in [-0.2, 0) is 13.0 Å². The number of anilines is 1. The van der Waals surface area contributed by atoms with E-state index in [0.717, 1.165) is 43.7 Å². The lowest BCUT2D eigenvalue weighted by Gasteiger charge is -2.22. The number of thiazole rings is 1. The van der Waals surface area contributed by atoms with Crippen LogP contribution in [-0.4, -0.2) is 27.3 Å². The number of carbonyl (C=O) groups excluding carboxylic acids is 1. The highest BCUT2D eigenvalue weighted by Crippen LogP contribution is 2.34. The molecule has 1 fully saturated rings. The molecule has 0 radical (unpaired) electrons. The first-order chi connectivity index (χ1) is 14.1. The molecule has 1 aliphatic heterocycles. The number of aromatic nitrogens is 2. The number of pyridine rings is 1. The van der Waals surface area contributed by atoms with Crippen molar-refractivity contribution in [2.45, 2.75) is 38.8 Å². The summed E-state index contributed by atoms with van der Waals surface area (Å²) in [4.78, 5) is 24.0. The number of likely N-dealkylation sites (tertiary alicyclic amines) is 1. The Morgan fingerprint density at radius 1 is 1.28 bits per heavy atom. The number of amides is 1. The Morgan fingerprint density at radius 2 is 2.10 bits per heavy atom. The molecule has 0 saturated carbocycles. The average molecular weight is 427 g/mol. The Bertz CT molecular complexity index is 971. The van der Waals surface area contributed by atoms with Crippen LogP contribution in [0.1, 0.15) is 53.1 Å². The Balaban J connectivity index is 1.41. The largest absolute Gasteiger partial charge is 0.298 e. The molecular formula is C22H23ClN4OS. The second kappa shape index (κ2) is 9.03. The maximum absolute atomic E-state index is 12.5. The molecule has 150 valence electrons. The quantitative estimate of drug-likeness (QED) is 0.577. The van der Waals surface area contributed by atoms with E-state index in [0.29, 0.717) is 15.7 Å². The average Bonchev–Trinajstić information content (AvgIpc) is 3.39. The normalized spacial score (nSPS) is 16.8. The predicted octanol–water partition coefficient (Wildman–Crippen LogP) is 5.34. The number of hydrogen-bond donors (Lipinski definition) is 1. The SMILES string of the molecule is CCc1ccc(C(=O)Nc2nc([C@@H]3CCCN3Cc3ccc(Cl)cn3)cs2)cc1. The van der Waals surface area contributed by atoms with Crippen molar-refractivity contribution in [2.75, 3.05) is 11.9 Å². The van der Waals surface area contributed by atoms with Crippen LogP contribution in [0.3, 0.4) is 0 Å². The maximum Gasteiger partial charge on any atom is 0.257 e. The van der Waals surface area contributed by atoms with Gasteiger partial charge in [0.25, 0.3) is 5.91 Å². The number of benzene rings is 1. The van der Waals surface area contributed by atoms with Gasteiger partial charge in [-0.05, 0) is 55.6 Å². The number of nitrogens with one attached hydrogen (secondary N) is 1. The van der Waals surface area contributed by atoms with Crippen molar-refractivity contribution in [2.24, 2.45) is 0 Å². The summed E-state index contributed by atoms with van der Waals surface area (Å²) in [6, 6.07) is 11.8. The van der Waals surface area contributed by atoms with Crippen LogP contribution >= 0.6 is 22.9 Å². The summed E-state index contributed by atoms with van der Waals surface area (Å²) in [7, 11) is 0. The van der Waals surface area contributed by atoms with Gasteiger partial charge in [0.2, 0.25) is 0 Å². The third-order valence-electron chi connectivity index (χ3n) is 5.23. The molecule has 29 heavy (non-hydrogen) atoms. The lowest BCUT2D eigenvalue weighted by Crippen LogP contribution is -2.23. The van der Waals surface area contributed by atoms with Gasteiger partial charge in [-0.1, -0.05) is 30.7 Å². The predicted molar refractivity (Wildman–Crippen MR) is 118 cm³/mol. The summed E-state index contributed by atoms with van der Waals surface area (Å²) < 4.78 is 0. The van der Waals surface area contributed by atoms with Crippen molar-refractivity contribution < 1.29 is 4.79 Å². The molecule has 2 aromatic heterocycles. The fraction of sp³-hybridized carbons (Fsp3) is 0.318. The molecular weight excluding hydrogens is 404 g/mol. The van der Waals surface area contributed by atoms with E-state index in [-0.39, 0.29) is 11.9 Å². The first-order valence-electron chi connectivity index (χ1n) is 9.82. The van der Waals surface area contributed by atoms with Crippen molar-refractivity contribution in [1.82, 2.24) is 14.9 Å². The van der Waals surface area contributed by atoms with Gasteiger partial charge in [-0.3, -0.25) is 20.0 Å². The number of halogens is 1. The molecule has 1 amide bonds. The van der Waals surface area contributed by atoms with Crippen molar-refractivity contribution in [1.29, 1.82) is 0 Å². The van der Waals surface area contributed by atoms with Gasteiger partial charge >= 0.3 is 0 Å². The number of nitrogens with zero attached hydrogens (tertiary/aromatic N) is 3. The highest BCUT2D eigenvalue weighted by atomic mass is 35.5. The minimum Gasteiger partial charge on any atom is -0.298 e. The number of rotatable bonds is 6. The summed E-state index contributed by atoms with van der Waals surface area (Å²) in [5.41, 5.74) is 3.88. The van der Waals surface area contributed by atoms with Crippen molar-refractivity contribution >= 4 is 34.0 Å². The fourth-order valence-corrected chi connectivity index (χ4v) is 4.48. The van der Waals surface area contributed by atoms with Gasteiger partial charge in [0, 0.05) is 23.7 Å². The topological polar surface area (TPSA) is 58.1 Å². The highest BCUT2D eigenvalue weighted by molar-refractivity contribution is 7.14. The van der Waals surface area contributed by atoms with Gasteiger partial charge in [-0.25, -0.2) is 4.98 Å². The van der Waals surface area contributed by atoms with E-state index in [1.165, 1.54) is 16.9 Å². The first kappa shape index (κ1) is 20.0. The summed E-state index contributed by atoms with van der Waals surface area (Å²) in [6.07, 6.45) is 4.83. The lowest BCUT2D eigenvalue weighted by molar-refractivity contribution is 0.102. The van der Waals surface area contributed by atoms with Crippen LogP contribution in [0.5, 0.6) is 0 Å². The molecule has 1 aromatic carbocycles. The van der Waals surface area contributed by atoms with Crippen molar-refractivity contribution in [3.63, 3.8) is 0 Å². The van der Waals surface area contributed by atoms with Crippen LogP contribution in [0, 0.1) is 0 Å². The molecule has 0 aliphatic carbocycles. The number of carbonyl (C=O) groups is 1. The zero-order valence-corrected chi connectivity index (χ0v) is 17.8. The van der Waals surface area contributed by atoms with Crippen LogP contribution < -0.4 is 5.32 Å². The summed E-state index contributed by atoms with van der Waals surface area (Å²) in [5, 5.41) is 6.27.